The summed E-state index contributed by atoms with van der Waals surface area (Å²) in [5.74, 6) is -0.504. The molecule has 1 atom stereocenters. The van der Waals surface area contributed by atoms with Gasteiger partial charge in [0.1, 0.15) is 6.04 Å². The highest BCUT2D eigenvalue weighted by molar-refractivity contribution is 5.75. The van der Waals surface area contributed by atoms with E-state index in [1.54, 1.807) is 13.8 Å². The second-order valence-electron chi connectivity index (χ2n) is 3.11. The molecule has 15 heavy (non-hydrogen) atoms. The van der Waals surface area contributed by atoms with Crippen molar-refractivity contribution in [1.29, 1.82) is 0 Å². The largest absolute Gasteiger partial charge is 0.468 e. The van der Waals surface area contributed by atoms with Crippen molar-refractivity contribution in [2.75, 3.05) is 20.3 Å². The molecule has 5 heteroatoms. The summed E-state index contributed by atoms with van der Waals surface area (Å²) in [6, 6.07) is -0.336. The molecular weight excluding hydrogens is 198 g/mol. The van der Waals surface area contributed by atoms with Gasteiger partial charge >= 0.3 is 11.9 Å². The Labute approximate surface area is 90.1 Å². The minimum absolute atomic E-state index is 0.204. The molecule has 0 fully saturated rings. The predicted octanol–water partition coefficient (Wildman–Crippen LogP) is 0.481. The second kappa shape index (κ2) is 8.23. The van der Waals surface area contributed by atoms with Crippen LogP contribution in [0.2, 0.25) is 0 Å². The molecule has 0 aliphatic carbocycles. The topological polar surface area (TPSA) is 64.6 Å². The average molecular weight is 217 g/mol. The van der Waals surface area contributed by atoms with Crippen molar-refractivity contribution >= 4 is 11.9 Å². The van der Waals surface area contributed by atoms with Crippen LogP contribution in [0.4, 0.5) is 0 Å². The van der Waals surface area contributed by atoms with Gasteiger partial charge in [-0.25, -0.2) is 0 Å². The van der Waals surface area contributed by atoms with Gasteiger partial charge in [0.25, 0.3) is 0 Å². The zero-order valence-corrected chi connectivity index (χ0v) is 9.54. The molecule has 1 N–H and O–H groups in total. The van der Waals surface area contributed by atoms with Crippen molar-refractivity contribution in [1.82, 2.24) is 5.32 Å². The van der Waals surface area contributed by atoms with E-state index in [1.165, 1.54) is 7.11 Å². The molecule has 0 saturated heterocycles. The minimum Gasteiger partial charge on any atom is -0.468 e. The van der Waals surface area contributed by atoms with Crippen LogP contribution in [-0.2, 0) is 19.1 Å². The summed E-state index contributed by atoms with van der Waals surface area (Å²) >= 11 is 0. The number of hydrogen-bond acceptors (Lipinski definition) is 5. The molecule has 0 heterocycles. The molecule has 0 spiro atoms. The third kappa shape index (κ3) is 6.90. The fourth-order valence-electron chi connectivity index (χ4n) is 1.04. The molecule has 0 aromatic heterocycles. The molecule has 0 aromatic carbocycles. The van der Waals surface area contributed by atoms with Crippen LogP contribution in [0.1, 0.15) is 26.7 Å². The van der Waals surface area contributed by atoms with E-state index in [9.17, 15) is 9.59 Å². The highest BCUT2D eigenvalue weighted by atomic mass is 16.5. The third-order valence-electron chi connectivity index (χ3n) is 1.87. The summed E-state index contributed by atoms with van der Waals surface area (Å²) in [5.41, 5.74) is 0. The molecule has 88 valence electrons. The molecule has 0 amide bonds. The lowest BCUT2D eigenvalue weighted by Crippen LogP contribution is -2.35. The molecule has 0 aromatic rings. The van der Waals surface area contributed by atoms with Crippen molar-refractivity contribution in [3.63, 3.8) is 0 Å². The van der Waals surface area contributed by atoms with Gasteiger partial charge in [0, 0.05) is 6.42 Å². The molecule has 1 unspecified atom stereocenters. The zero-order valence-electron chi connectivity index (χ0n) is 9.54. The van der Waals surface area contributed by atoms with Crippen LogP contribution in [0.3, 0.4) is 0 Å². The molecule has 0 radical (unpaired) electrons. The summed E-state index contributed by atoms with van der Waals surface area (Å²) in [6.45, 7) is 4.49. The lowest BCUT2D eigenvalue weighted by atomic mass is 10.3. The Morgan fingerprint density at radius 2 is 2.07 bits per heavy atom. The van der Waals surface area contributed by atoms with Crippen molar-refractivity contribution in [2.24, 2.45) is 0 Å². The van der Waals surface area contributed by atoms with Gasteiger partial charge in [0.15, 0.2) is 0 Å². The monoisotopic (exact) mass is 217 g/mol. The van der Waals surface area contributed by atoms with Crippen LogP contribution in [0, 0.1) is 0 Å². The SMILES string of the molecule is CCOC(=O)CCCNC(C)C(=O)OC. The van der Waals surface area contributed by atoms with E-state index < -0.39 is 0 Å². The first-order valence-electron chi connectivity index (χ1n) is 5.08. The van der Waals surface area contributed by atoms with Crippen LogP contribution in [0.25, 0.3) is 0 Å². The highest BCUT2D eigenvalue weighted by Gasteiger charge is 2.11. The number of carbonyl (C=O) groups excluding carboxylic acids is 2. The van der Waals surface area contributed by atoms with Crippen LogP contribution in [0.5, 0.6) is 0 Å². The molecule has 0 saturated carbocycles. The van der Waals surface area contributed by atoms with E-state index in [-0.39, 0.29) is 18.0 Å². The van der Waals surface area contributed by atoms with E-state index in [1.807, 2.05) is 0 Å². The van der Waals surface area contributed by atoms with Crippen LogP contribution >= 0.6 is 0 Å². The lowest BCUT2D eigenvalue weighted by Gasteiger charge is -2.10. The summed E-state index contributed by atoms with van der Waals surface area (Å²) in [7, 11) is 1.35. The Morgan fingerprint density at radius 1 is 1.40 bits per heavy atom. The summed E-state index contributed by atoms with van der Waals surface area (Å²) in [5, 5.41) is 2.95. The Kier molecular flexibility index (Phi) is 7.62. The van der Waals surface area contributed by atoms with Crippen LogP contribution in [0.15, 0.2) is 0 Å². The maximum atomic E-state index is 11.0. The maximum Gasteiger partial charge on any atom is 0.322 e. The van der Waals surface area contributed by atoms with Crippen LogP contribution in [-0.4, -0.2) is 38.2 Å². The van der Waals surface area contributed by atoms with E-state index in [2.05, 4.69) is 10.1 Å². The molecule has 0 aliphatic heterocycles. The predicted molar refractivity (Wildman–Crippen MR) is 55.3 cm³/mol. The van der Waals surface area contributed by atoms with Crippen molar-refractivity contribution in [3.05, 3.63) is 0 Å². The quantitative estimate of drug-likeness (QED) is 0.496. The number of esters is 2. The molecule has 0 aliphatic rings. The van der Waals surface area contributed by atoms with Gasteiger partial charge in [-0.05, 0) is 26.8 Å². The van der Waals surface area contributed by atoms with Gasteiger partial charge in [0.2, 0.25) is 0 Å². The molecule has 0 rings (SSSR count). The number of ether oxygens (including phenoxy) is 2. The van der Waals surface area contributed by atoms with Crippen molar-refractivity contribution < 1.29 is 19.1 Å². The first-order chi connectivity index (χ1) is 7.11. The van der Waals surface area contributed by atoms with E-state index >= 15 is 0 Å². The van der Waals surface area contributed by atoms with Crippen molar-refractivity contribution in [2.45, 2.75) is 32.7 Å². The van der Waals surface area contributed by atoms with Gasteiger partial charge in [-0.3, -0.25) is 9.59 Å². The Hall–Kier alpha value is -1.10. The smallest absolute Gasteiger partial charge is 0.322 e. The van der Waals surface area contributed by atoms with Crippen LogP contribution < -0.4 is 5.32 Å². The average Bonchev–Trinajstić information content (AvgIpc) is 2.23. The van der Waals surface area contributed by atoms with E-state index in [0.29, 0.717) is 26.0 Å². The maximum absolute atomic E-state index is 11.0. The Bertz CT molecular complexity index is 206. The Balaban J connectivity index is 3.46. The van der Waals surface area contributed by atoms with E-state index in [0.717, 1.165) is 0 Å². The van der Waals surface area contributed by atoms with Gasteiger partial charge in [-0.1, -0.05) is 0 Å². The summed E-state index contributed by atoms with van der Waals surface area (Å²) < 4.78 is 9.29. The van der Waals surface area contributed by atoms with Gasteiger partial charge in [-0.2, -0.15) is 0 Å². The normalized spacial score (nSPS) is 11.9. The van der Waals surface area contributed by atoms with Gasteiger partial charge in [0.05, 0.1) is 13.7 Å². The number of methoxy groups -OCH3 is 1. The zero-order chi connectivity index (χ0) is 11.7. The fourth-order valence-corrected chi connectivity index (χ4v) is 1.04. The number of carbonyl (C=O) groups is 2. The van der Waals surface area contributed by atoms with E-state index in [4.69, 9.17) is 4.74 Å². The number of nitrogens with one attached hydrogen (secondary N) is 1. The fraction of sp³-hybridized carbons (Fsp3) is 0.800. The third-order valence-corrected chi connectivity index (χ3v) is 1.87. The summed E-state index contributed by atoms with van der Waals surface area (Å²) in [4.78, 5) is 21.9. The standard InChI is InChI=1S/C10H19NO4/c1-4-15-9(12)6-5-7-11-8(2)10(13)14-3/h8,11H,4-7H2,1-3H3. The first kappa shape index (κ1) is 13.9. The molecule has 5 nitrogen and oxygen atoms in total. The second-order valence-corrected chi connectivity index (χ2v) is 3.11. The summed E-state index contributed by atoms with van der Waals surface area (Å²) in [6.07, 6.45) is 1.02. The van der Waals surface area contributed by atoms with Gasteiger partial charge < -0.3 is 14.8 Å². The Morgan fingerprint density at radius 3 is 2.60 bits per heavy atom. The highest BCUT2D eigenvalue weighted by Crippen LogP contribution is 1.93. The van der Waals surface area contributed by atoms with Crippen molar-refractivity contribution in [3.8, 4) is 0 Å². The number of rotatable bonds is 7. The molecular formula is C10H19NO4. The van der Waals surface area contributed by atoms with Gasteiger partial charge in [-0.15, -0.1) is 0 Å². The minimum atomic E-state index is -0.336. The number of hydrogen-bond donors (Lipinski definition) is 1. The lowest BCUT2D eigenvalue weighted by molar-refractivity contribution is -0.143. The molecule has 0 bridgehead atoms. The first-order valence-corrected chi connectivity index (χ1v) is 5.08.